The Kier molecular flexibility index (Phi) is 6.57. The molecule has 1 heterocycles. The summed E-state index contributed by atoms with van der Waals surface area (Å²) in [6.07, 6.45) is 4.85. The zero-order valence-electron chi connectivity index (χ0n) is 15.0. The number of carbonyl (C=O) groups excluding carboxylic acids is 1. The van der Waals surface area contributed by atoms with Crippen LogP contribution in [-0.2, 0) is 16.4 Å². The second-order valence-corrected chi connectivity index (χ2v) is 8.56. The molecule has 5 nitrogen and oxygen atoms in total. The molecule has 0 bridgehead atoms. The zero-order chi connectivity index (χ0) is 20.0. The highest BCUT2D eigenvalue weighted by atomic mass is 35.5. The van der Waals surface area contributed by atoms with Gasteiger partial charge in [-0.05, 0) is 47.9 Å². The zero-order valence-corrected chi connectivity index (χ0v) is 16.5. The number of rotatable bonds is 8. The third-order valence-corrected chi connectivity index (χ3v) is 6.08. The first-order chi connectivity index (χ1) is 13.5. The Balaban J connectivity index is 1.81. The Morgan fingerprint density at radius 2 is 1.75 bits per heavy atom. The van der Waals surface area contributed by atoms with Gasteiger partial charge in [-0.25, -0.2) is 13.1 Å². The van der Waals surface area contributed by atoms with E-state index in [2.05, 4.69) is 9.71 Å². The van der Waals surface area contributed by atoms with Crippen LogP contribution in [0.4, 0.5) is 0 Å². The highest BCUT2D eigenvalue weighted by Crippen LogP contribution is 2.22. The quantitative estimate of drug-likeness (QED) is 0.568. The van der Waals surface area contributed by atoms with Crippen molar-refractivity contribution >= 4 is 27.9 Å². The third-order valence-electron chi connectivity index (χ3n) is 4.39. The Morgan fingerprint density at radius 3 is 2.36 bits per heavy atom. The fourth-order valence-electron chi connectivity index (χ4n) is 2.87. The molecule has 0 fully saturated rings. The second kappa shape index (κ2) is 9.10. The normalized spacial score (nSPS) is 12.5. The lowest BCUT2D eigenvalue weighted by Crippen LogP contribution is -2.29. The van der Waals surface area contributed by atoms with Crippen molar-refractivity contribution < 1.29 is 13.2 Å². The van der Waals surface area contributed by atoms with Gasteiger partial charge in [0, 0.05) is 35.4 Å². The number of hydrogen-bond donors (Lipinski definition) is 1. The first-order valence-corrected chi connectivity index (χ1v) is 10.5. The first-order valence-electron chi connectivity index (χ1n) is 8.67. The van der Waals surface area contributed by atoms with Crippen LogP contribution in [0.3, 0.4) is 0 Å². The summed E-state index contributed by atoms with van der Waals surface area (Å²) >= 11 is 5.84. The molecule has 0 aliphatic heterocycles. The number of pyridine rings is 1. The van der Waals surface area contributed by atoms with Gasteiger partial charge < -0.3 is 0 Å². The summed E-state index contributed by atoms with van der Waals surface area (Å²) in [6, 6.07) is 17.0. The summed E-state index contributed by atoms with van der Waals surface area (Å²) in [5, 5.41) is 0.476. The van der Waals surface area contributed by atoms with Crippen LogP contribution in [0, 0.1) is 0 Å². The highest BCUT2D eigenvalue weighted by molar-refractivity contribution is 7.89. The molecule has 3 rings (SSSR count). The molecule has 0 saturated heterocycles. The highest BCUT2D eigenvalue weighted by Gasteiger charge is 2.19. The van der Waals surface area contributed by atoms with Gasteiger partial charge in [0.05, 0.1) is 4.90 Å². The van der Waals surface area contributed by atoms with E-state index in [1.807, 2.05) is 24.3 Å². The lowest BCUT2D eigenvalue weighted by Gasteiger charge is -2.19. The topological polar surface area (TPSA) is 76.1 Å². The number of halogens is 1. The minimum Gasteiger partial charge on any atom is -0.298 e. The summed E-state index contributed by atoms with van der Waals surface area (Å²) in [6.45, 7) is 0.209. The average molecular weight is 415 g/mol. The summed E-state index contributed by atoms with van der Waals surface area (Å²) in [7, 11) is -3.67. The van der Waals surface area contributed by atoms with Crippen molar-refractivity contribution in [1.82, 2.24) is 9.71 Å². The minimum atomic E-state index is -3.67. The van der Waals surface area contributed by atoms with Crippen molar-refractivity contribution in [2.45, 2.75) is 17.2 Å². The first kappa shape index (κ1) is 20.2. The lowest BCUT2D eigenvalue weighted by atomic mass is 9.92. The molecule has 0 saturated carbocycles. The summed E-state index contributed by atoms with van der Waals surface area (Å²) < 4.78 is 27.9. The number of sulfonamides is 1. The molecule has 144 valence electrons. The van der Waals surface area contributed by atoms with Crippen molar-refractivity contribution in [2.75, 3.05) is 6.54 Å². The fourth-order valence-corrected chi connectivity index (χ4v) is 4.07. The fraction of sp³-hybridized carbons (Fsp3) is 0.143. The number of carbonyl (C=O) groups is 1. The maximum atomic E-state index is 12.6. The molecular weight excluding hydrogens is 396 g/mol. The van der Waals surface area contributed by atoms with Gasteiger partial charge in [0.25, 0.3) is 0 Å². The number of hydrogen-bond acceptors (Lipinski definition) is 4. The van der Waals surface area contributed by atoms with E-state index in [0.717, 1.165) is 17.4 Å². The Labute approximate surface area is 169 Å². The van der Waals surface area contributed by atoms with E-state index in [0.29, 0.717) is 17.0 Å². The largest absolute Gasteiger partial charge is 0.298 e. The van der Waals surface area contributed by atoms with E-state index >= 15 is 0 Å². The standard InChI is InChI=1S/C21H19ClN2O3S/c22-20-7-9-21(10-8-20)28(26,27)24-14-19(12-17-2-1-11-23-13-17)18-5-3-16(15-25)4-6-18/h1-11,13,15,19,24H,12,14H2. The maximum Gasteiger partial charge on any atom is 0.240 e. The Hall–Kier alpha value is -2.54. The van der Waals surface area contributed by atoms with Gasteiger partial charge in [0.15, 0.2) is 0 Å². The van der Waals surface area contributed by atoms with E-state index in [9.17, 15) is 13.2 Å². The van der Waals surface area contributed by atoms with Crippen LogP contribution in [0.25, 0.3) is 0 Å². The number of nitrogens with zero attached hydrogens (tertiary/aromatic N) is 1. The molecule has 2 aromatic carbocycles. The van der Waals surface area contributed by atoms with Crippen LogP contribution in [0.15, 0.2) is 78.0 Å². The van der Waals surface area contributed by atoms with Crippen molar-refractivity contribution in [3.05, 3.63) is 94.8 Å². The van der Waals surface area contributed by atoms with Crippen LogP contribution >= 0.6 is 11.6 Å². The smallest absolute Gasteiger partial charge is 0.240 e. The summed E-state index contributed by atoms with van der Waals surface area (Å²) in [5.74, 6) is -0.119. The molecule has 1 unspecified atom stereocenters. The molecule has 1 atom stereocenters. The number of aromatic nitrogens is 1. The van der Waals surface area contributed by atoms with E-state index < -0.39 is 10.0 Å². The number of aldehydes is 1. The van der Waals surface area contributed by atoms with E-state index in [4.69, 9.17) is 11.6 Å². The second-order valence-electron chi connectivity index (χ2n) is 6.35. The molecule has 1 N–H and O–H groups in total. The van der Waals surface area contributed by atoms with Gasteiger partial charge in [0.1, 0.15) is 6.29 Å². The molecule has 0 aliphatic rings. The molecule has 0 aliphatic carbocycles. The molecule has 1 aromatic heterocycles. The van der Waals surface area contributed by atoms with Gasteiger partial charge in [-0.3, -0.25) is 9.78 Å². The van der Waals surface area contributed by atoms with Crippen molar-refractivity contribution in [1.29, 1.82) is 0 Å². The van der Waals surface area contributed by atoms with Crippen LogP contribution in [-0.4, -0.2) is 26.2 Å². The molecule has 0 spiro atoms. The molecular formula is C21H19ClN2O3S. The summed E-state index contributed by atoms with van der Waals surface area (Å²) in [4.78, 5) is 15.2. The molecule has 3 aromatic rings. The van der Waals surface area contributed by atoms with Crippen molar-refractivity contribution in [2.24, 2.45) is 0 Å². The van der Waals surface area contributed by atoms with Crippen LogP contribution < -0.4 is 4.72 Å². The van der Waals surface area contributed by atoms with Gasteiger partial charge in [-0.15, -0.1) is 0 Å². The van der Waals surface area contributed by atoms with E-state index in [1.165, 1.54) is 12.1 Å². The van der Waals surface area contributed by atoms with Gasteiger partial charge in [-0.1, -0.05) is 41.9 Å². The number of nitrogens with one attached hydrogen (secondary N) is 1. The van der Waals surface area contributed by atoms with E-state index in [1.54, 1.807) is 36.7 Å². The lowest BCUT2D eigenvalue weighted by molar-refractivity contribution is 0.112. The van der Waals surface area contributed by atoms with Gasteiger partial charge >= 0.3 is 0 Å². The molecule has 0 amide bonds. The molecule has 7 heteroatoms. The predicted molar refractivity (Wildman–Crippen MR) is 109 cm³/mol. The van der Waals surface area contributed by atoms with Crippen molar-refractivity contribution in [3.8, 4) is 0 Å². The minimum absolute atomic E-state index is 0.119. The van der Waals surface area contributed by atoms with Gasteiger partial charge in [0.2, 0.25) is 10.0 Å². The Morgan fingerprint density at radius 1 is 1.04 bits per heavy atom. The van der Waals surface area contributed by atoms with Gasteiger partial charge in [-0.2, -0.15) is 0 Å². The Bertz CT molecular complexity index is 1020. The predicted octanol–water partition coefficient (Wildman–Crippen LogP) is 3.85. The molecule has 28 heavy (non-hydrogen) atoms. The van der Waals surface area contributed by atoms with E-state index in [-0.39, 0.29) is 17.4 Å². The summed E-state index contributed by atoms with van der Waals surface area (Å²) in [5.41, 5.74) is 2.51. The average Bonchev–Trinajstić information content (AvgIpc) is 2.72. The van der Waals surface area contributed by atoms with Crippen LogP contribution in [0.1, 0.15) is 27.4 Å². The van der Waals surface area contributed by atoms with Crippen molar-refractivity contribution in [3.63, 3.8) is 0 Å². The monoisotopic (exact) mass is 414 g/mol. The number of benzene rings is 2. The van der Waals surface area contributed by atoms with Crippen LogP contribution in [0.5, 0.6) is 0 Å². The molecule has 0 radical (unpaired) electrons. The maximum absolute atomic E-state index is 12.6. The SMILES string of the molecule is O=Cc1ccc(C(CNS(=O)(=O)c2ccc(Cl)cc2)Cc2cccnc2)cc1. The third kappa shape index (κ3) is 5.25. The van der Waals surface area contributed by atoms with Crippen LogP contribution in [0.2, 0.25) is 5.02 Å².